The Bertz CT molecular complexity index is 1060. The molecule has 0 radical (unpaired) electrons. The van der Waals surface area contributed by atoms with Crippen molar-refractivity contribution in [3.05, 3.63) is 84.6 Å². The third-order valence-corrected chi connectivity index (χ3v) is 3.59. The van der Waals surface area contributed by atoms with Gasteiger partial charge in [-0.05, 0) is 25.1 Å². The molecule has 0 aliphatic carbocycles. The van der Waals surface area contributed by atoms with Gasteiger partial charge in [-0.25, -0.2) is 14.8 Å². The average Bonchev–Trinajstić information content (AvgIpc) is 2.75. The van der Waals surface area contributed by atoms with E-state index in [2.05, 4.69) is 16.5 Å². The van der Waals surface area contributed by atoms with Crippen LogP contribution in [0.1, 0.15) is 12.5 Å². The first-order chi connectivity index (χ1) is 14.5. The molecule has 8 heteroatoms. The van der Waals surface area contributed by atoms with Gasteiger partial charge in [0.25, 0.3) is 0 Å². The molecular formula is C22H19N3O5. The van der Waals surface area contributed by atoms with Crippen LogP contribution in [0.2, 0.25) is 0 Å². The summed E-state index contributed by atoms with van der Waals surface area (Å²) in [5.74, 6) is -0.470. The minimum Gasteiger partial charge on any atom is -0.503 e. The third-order valence-electron chi connectivity index (χ3n) is 3.59. The summed E-state index contributed by atoms with van der Waals surface area (Å²) in [6, 6.07) is 9.98. The lowest BCUT2D eigenvalue weighted by Gasteiger charge is -2.12. The number of carboxylic acid groups (broad SMARTS) is 1. The SMILES string of the molecule is C=CC(Oc1cc(Oc2ccccc2C(=COC)C(=O)O)ncn1)=C(C#N)C=CC. The van der Waals surface area contributed by atoms with Crippen molar-refractivity contribution in [3.8, 4) is 23.6 Å². The van der Waals surface area contributed by atoms with Crippen molar-refractivity contribution in [1.82, 2.24) is 9.97 Å². The lowest BCUT2D eigenvalue weighted by molar-refractivity contribution is -0.130. The Kier molecular flexibility index (Phi) is 7.91. The van der Waals surface area contributed by atoms with Gasteiger partial charge in [-0.2, -0.15) is 5.26 Å². The maximum atomic E-state index is 11.6. The molecule has 152 valence electrons. The maximum absolute atomic E-state index is 11.6. The molecule has 1 N–H and O–H groups in total. The molecule has 0 atom stereocenters. The number of ether oxygens (including phenoxy) is 3. The van der Waals surface area contributed by atoms with E-state index in [4.69, 9.17) is 14.2 Å². The Balaban J connectivity index is 2.38. The van der Waals surface area contributed by atoms with Crippen LogP contribution in [0.25, 0.3) is 5.57 Å². The fraction of sp³-hybridized carbons (Fsp3) is 0.0909. The predicted octanol–water partition coefficient (Wildman–Crippen LogP) is 4.26. The van der Waals surface area contributed by atoms with Gasteiger partial charge >= 0.3 is 5.97 Å². The molecule has 0 aliphatic rings. The number of methoxy groups -OCH3 is 1. The van der Waals surface area contributed by atoms with Crippen molar-refractivity contribution < 1.29 is 24.1 Å². The molecule has 1 aromatic heterocycles. The number of aliphatic carboxylic acids is 1. The van der Waals surface area contributed by atoms with E-state index in [0.717, 1.165) is 6.26 Å². The quantitative estimate of drug-likeness (QED) is 0.285. The normalized spacial score (nSPS) is 12.0. The second kappa shape index (κ2) is 10.8. The van der Waals surface area contributed by atoms with E-state index in [1.807, 2.05) is 6.07 Å². The van der Waals surface area contributed by atoms with Gasteiger partial charge in [0.05, 0.1) is 25.0 Å². The first kappa shape index (κ1) is 21.9. The summed E-state index contributed by atoms with van der Waals surface area (Å²) in [7, 11) is 1.36. The van der Waals surface area contributed by atoms with E-state index in [1.54, 1.807) is 43.3 Å². The second-order valence-corrected chi connectivity index (χ2v) is 5.56. The van der Waals surface area contributed by atoms with Crippen molar-refractivity contribution in [2.75, 3.05) is 7.11 Å². The lowest BCUT2D eigenvalue weighted by atomic mass is 10.1. The van der Waals surface area contributed by atoms with E-state index >= 15 is 0 Å². The summed E-state index contributed by atoms with van der Waals surface area (Å²) in [6.45, 7) is 5.42. The van der Waals surface area contributed by atoms with Gasteiger partial charge in [0, 0.05) is 5.56 Å². The molecule has 2 rings (SSSR count). The molecule has 30 heavy (non-hydrogen) atoms. The van der Waals surface area contributed by atoms with E-state index in [-0.39, 0.29) is 34.4 Å². The van der Waals surface area contributed by atoms with Crippen LogP contribution in [0.5, 0.6) is 17.5 Å². The fourth-order valence-corrected chi connectivity index (χ4v) is 2.33. The molecule has 0 saturated heterocycles. The van der Waals surface area contributed by atoms with Gasteiger partial charge in [0.2, 0.25) is 11.8 Å². The Morgan fingerprint density at radius 1 is 1.27 bits per heavy atom. The molecule has 0 saturated carbocycles. The van der Waals surface area contributed by atoms with Crippen LogP contribution in [0.3, 0.4) is 0 Å². The summed E-state index contributed by atoms with van der Waals surface area (Å²) in [4.78, 5) is 19.6. The first-order valence-electron chi connectivity index (χ1n) is 8.67. The van der Waals surface area contributed by atoms with Crippen molar-refractivity contribution >= 4 is 11.5 Å². The highest BCUT2D eigenvalue weighted by molar-refractivity contribution is 6.15. The minimum absolute atomic E-state index is 0.0829. The number of aromatic nitrogens is 2. The summed E-state index contributed by atoms with van der Waals surface area (Å²) in [5, 5.41) is 18.7. The number of rotatable bonds is 9. The predicted molar refractivity (Wildman–Crippen MR) is 109 cm³/mol. The molecule has 8 nitrogen and oxygen atoms in total. The van der Waals surface area contributed by atoms with E-state index in [9.17, 15) is 15.2 Å². The molecule has 0 fully saturated rings. The first-order valence-corrected chi connectivity index (χ1v) is 8.67. The van der Waals surface area contributed by atoms with Crippen LogP contribution >= 0.6 is 0 Å². The summed E-state index contributed by atoms with van der Waals surface area (Å²) in [5.41, 5.74) is 0.495. The maximum Gasteiger partial charge on any atom is 0.339 e. The zero-order chi connectivity index (χ0) is 21.9. The minimum atomic E-state index is -1.17. The number of allylic oxidation sites excluding steroid dienone is 4. The zero-order valence-corrected chi connectivity index (χ0v) is 16.4. The second-order valence-electron chi connectivity index (χ2n) is 5.56. The number of hydrogen-bond acceptors (Lipinski definition) is 7. The van der Waals surface area contributed by atoms with Crippen molar-refractivity contribution in [3.63, 3.8) is 0 Å². The number of carbonyl (C=O) groups is 1. The van der Waals surface area contributed by atoms with Crippen LogP contribution in [0, 0.1) is 11.3 Å². The summed E-state index contributed by atoms with van der Waals surface area (Å²) in [6.07, 6.45) is 7.01. The van der Waals surface area contributed by atoms with E-state index in [0.29, 0.717) is 5.56 Å². The molecule has 0 aliphatic heterocycles. The van der Waals surface area contributed by atoms with E-state index in [1.165, 1.54) is 25.6 Å². The number of hydrogen-bond donors (Lipinski definition) is 1. The van der Waals surface area contributed by atoms with Crippen molar-refractivity contribution in [1.29, 1.82) is 5.26 Å². The number of nitriles is 1. The molecule has 0 unspecified atom stereocenters. The van der Waals surface area contributed by atoms with Gasteiger partial charge in [-0.1, -0.05) is 30.9 Å². The van der Waals surface area contributed by atoms with Crippen LogP contribution < -0.4 is 9.47 Å². The molecule has 1 aromatic carbocycles. The molecule has 0 bridgehead atoms. The van der Waals surface area contributed by atoms with Crippen molar-refractivity contribution in [2.45, 2.75) is 6.92 Å². The average molecular weight is 405 g/mol. The lowest BCUT2D eigenvalue weighted by Crippen LogP contribution is -2.03. The third kappa shape index (κ3) is 5.56. The Morgan fingerprint density at radius 3 is 2.63 bits per heavy atom. The number of carboxylic acids is 1. The number of benzene rings is 1. The summed E-state index contributed by atoms with van der Waals surface area (Å²) >= 11 is 0. The van der Waals surface area contributed by atoms with Gasteiger partial charge in [0.1, 0.15) is 29.5 Å². The van der Waals surface area contributed by atoms with Crippen LogP contribution in [0.4, 0.5) is 0 Å². The highest BCUT2D eigenvalue weighted by Gasteiger charge is 2.17. The summed E-state index contributed by atoms with van der Waals surface area (Å²) < 4.78 is 16.3. The molecular weight excluding hydrogens is 386 g/mol. The van der Waals surface area contributed by atoms with Crippen LogP contribution in [-0.4, -0.2) is 28.2 Å². The zero-order valence-electron chi connectivity index (χ0n) is 16.4. The Hall–Kier alpha value is -4.38. The monoisotopic (exact) mass is 405 g/mol. The van der Waals surface area contributed by atoms with Gasteiger partial charge in [-0.3, -0.25) is 0 Å². The highest BCUT2D eigenvalue weighted by atomic mass is 16.5. The van der Waals surface area contributed by atoms with E-state index < -0.39 is 5.97 Å². The smallest absolute Gasteiger partial charge is 0.339 e. The van der Waals surface area contributed by atoms with Gasteiger partial charge < -0.3 is 19.3 Å². The molecule has 2 aromatic rings. The highest BCUT2D eigenvalue weighted by Crippen LogP contribution is 2.30. The fourth-order valence-electron chi connectivity index (χ4n) is 2.33. The number of para-hydroxylation sites is 1. The van der Waals surface area contributed by atoms with Crippen LogP contribution in [0.15, 0.2) is 79.1 Å². The van der Waals surface area contributed by atoms with Gasteiger partial charge in [0.15, 0.2) is 0 Å². The van der Waals surface area contributed by atoms with Gasteiger partial charge in [-0.15, -0.1) is 0 Å². The molecule has 0 amide bonds. The molecule has 0 spiro atoms. The Morgan fingerprint density at radius 2 is 2.00 bits per heavy atom. The Labute approximate surface area is 173 Å². The number of nitrogens with zero attached hydrogens (tertiary/aromatic N) is 3. The standard InChI is InChI=1S/C22H19N3O5/c1-4-8-15(12-23)18(5-2)29-20-11-21(25-14-24-20)30-19-10-7-6-9-16(19)17(13-28-3)22(26)27/h4-11,13-14H,2H2,1,3H3,(H,26,27). The largest absolute Gasteiger partial charge is 0.503 e. The van der Waals surface area contributed by atoms with Crippen molar-refractivity contribution in [2.24, 2.45) is 0 Å². The molecule has 1 heterocycles. The topological polar surface area (TPSA) is 115 Å². The van der Waals surface area contributed by atoms with Crippen LogP contribution in [-0.2, 0) is 9.53 Å².